The quantitative estimate of drug-likeness (QED) is 0.295. The molecule has 0 bridgehead atoms. The zero-order chi connectivity index (χ0) is 21.6. The summed E-state index contributed by atoms with van der Waals surface area (Å²) in [7, 11) is 0. The minimum absolute atomic E-state index is 0.0460. The Hall–Kier alpha value is -3.26. The van der Waals surface area contributed by atoms with E-state index in [0.717, 1.165) is 22.7 Å². The second-order valence-electron chi connectivity index (χ2n) is 5.85. The Morgan fingerprint density at radius 3 is 2.52 bits per heavy atom. The number of hydrogen-bond donors (Lipinski definition) is 1. The molecule has 0 aliphatic carbocycles. The van der Waals surface area contributed by atoms with Gasteiger partial charge in [0.15, 0.2) is 0 Å². The number of amides is 1. The molecule has 1 N–H and O–H groups in total. The molecular formula is C18H14F3N3O4S. The van der Waals surface area contributed by atoms with Crippen LogP contribution in [0.25, 0.3) is 0 Å². The number of nitro groups is 1. The number of nitrogens with one attached hydrogen (secondary N) is 1. The molecule has 29 heavy (non-hydrogen) atoms. The third-order valence-corrected chi connectivity index (χ3v) is 4.30. The number of anilines is 1. The molecule has 0 aromatic heterocycles. The number of benzene rings is 2. The van der Waals surface area contributed by atoms with Crippen molar-refractivity contribution in [1.29, 1.82) is 5.26 Å². The predicted molar refractivity (Wildman–Crippen MR) is 99.3 cm³/mol. The first-order valence-corrected chi connectivity index (χ1v) is 8.88. The van der Waals surface area contributed by atoms with E-state index in [1.54, 1.807) is 24.3 Å². The van der Waals surface area contributed by atoms with Crippen LogP contribution in [0.1, 0.15) is 12.5 Å². The van der Waals surface area contributed by atoms with Crippen LogP contribution < -0.4 is 10.1 Å². The standard InChI is InChI=1S/C18H14F3N3O4S/c1-11(9-28-13-3-5-14(6-4-13)29-10-22)17(25)23-12-2-7-16(24(26)27)15(8-12)18(19,20)21/h2-8,11H,9H2,1H3,(H,23,25)/t11-/m1/s1. The van der Waals surface area contributed by atoms with Gasteiger partial charge in [-0.25, -0.2) is 0 Å². The van der Waals surface area contributed by atoms with Gasteiger partial charge in [-0.05, 0) is 48.2 Å². The molecule has 0 heterocycles. The van der Waals surface area contributed by atoms with Crippen LogP contribution in [0.2, 0.25) is 0 Å². The summed E-state index contributed by atoms with van der Waals surface area (Å²) in [5, 5.41) is 23.6. The zero-order valence-electron chi connectivity index (χ0n) is 14.9. The molecule has 1 amide bonds. The van der Waals surface area contributed by atoms with Gasteiger partial charge in [-0.15, -0.1) is 0 Å². The highest BCUT2D eigenvalue weighted by molar-refractivity contribution is 8.03. The number of nitro benzene ring substituents is 1. The van der Waals surface area contributed by atoms with Crippen LogP contribution in [-0.2, 0) is 11.0 Å². The molecule has 152 valence electrons. The minimum Gasteiger partial charge on any atom is -0.493 e. The molecule has 0 spiro atoms. The molecule has 2 rings (SSSR count). The summed E-state index contributed by atoms with van der Waals surface area (Å²) in [5.74, 6) is -0.863. The molecule has 0 saturated heterocycles. The van der Waals surface area contributed by atoms with E-state index in [9.17, 15) is 28.1 Å². The third-order valence-electron chi connectivity index (χ3n) is 3.70. The molecule has 11 heteroatoms. The van der Waals surface area contributed by atoms with Crippen molar-refractivity contribution in [3.05, 3.63) is 58.1 Å². The Labute approximate surface area is 167 Å². The van der Waals surface area contributed by atoms with E-state index < -0.39 is 34.2 Å². The first kappa shape index (κ1) is 22.0. The van der Waals surface area contributed by atoms with Crippen LogP contribution in [0, 0.1) is 26.7 Å². The Kier molecular flexibility index (Phi) is 7.06. The lowest BCUT2D eigenvalue weighted by molar-refractivity contribution is -0.388. The molecule has 7 nitrogen and oxygen atoms in total. The number of carbonyl (C=O) groups excluding carboxylic acids is 1. The maximum atomic E-state index is 13.0. The van der Waals surface area contributed by atoms with E-state index in [1.165, 1.54) is 6.92 Å². The number of thiocyanates is 1. The molecule has 0 unspecified atom stereocenters. The average molecular weight is 425 g/mol. The molecule has 2 aromatic rings. The first-order valence-electron chi connectivity index (χ1n) is 8.07. The van der Waals surface area contributed by atoms with Crippen LogP contribution in [0.15, 0.2) is 47.4 Å². The van der Waals surface area contributed by atoms with Gasteiger partial charge in [0.25, 0.3) is 5.69 Å². The highest BCUT2D eigenvalue weighted by atomic mass is 32.2. The van der Waals surface area contributed by atoms with Crippen molar-refractivity contribution in [2.75, 3.05) is 11.9 Å². The van der Waals surface area contributed by atoms with Crippen molar-refractivity contribution in [3.63, 3.8) is 0 Å². The third kappa shape index (κ3) is 6.11. The van der Waals surface area contributed by atoms with Crippen molar-refractivity contribution >= 4 is 29.0 Å². The molecule has 0 radical (unpaired) electrons. The van der Waals surface area contributed by atoms with Crippen molar-refractivity contribution in [2.45, 2.75) is 18.0 Å². The maximum Gasteiger partial charge on any atom is 0.423 e. The number of nitrogens with zero attached hydrogens (tertiary/aromatic N) is 2. The van der Waals surface area contributed by atoms with Crippen molar-refractivity contribution < 1.29 is 27.6 Å². The molecule has 1 atom stereocenters. The zero-order valence-corrected chi connectivity index (χ0v) is 15.7. The lowest BCUT2D eigenvalue weighted by Gasteiger charge is -2.15. The van der Waals surface area contributed by atoms with Gasteiger partial charge in [-0.3, -0.25) is 14.9 Å². The van der Waals surface area contributed by atoms with Gasteiger partial charge in [0.05, 0.1) is 17.4 Å². The van der Waals surface area contributed by atoms with Crippen LogP contribution in [0.5, 0.6) is 5.75 Å². The Morgan fingerprint density at radius 2 is 1.97 bits per heavy atom. The highest BCUT2D eigenvalue weighted by Crippen LogP contribution is 2.37. The maximum absolute atomic E-state index is 13.0. The summed E-state index contributed by atoms with van der Waals surface area (Å²) in [4.78, 5) is 22.6. The second kappa shape index (κ2) is 9.29. The van der Waals surface area contributed by atoms with Gasteiger partial charge in [-0.2, -0.15) is 18.4 Å². The van der Waals surface area contributed by atoms with Crippen molar-refractivity contribution in [2.24, 2.45) is 5.92 Å². The molecular weight excluding hydrogens is 411 g/mol. The fourth-order valence-electron chi connectivity index (χ4n) is 2.22. The Bertz CT molecular complexity index is 943. The summed E-state index contributed by atoms with van der Waals surface area (Å²) < 4.78 is 44.5. The molecule has 0 saturated carbocycles. The Morgan fingerprint density at radius 1 is 1.31 bits per heavy atom. The fourth-order valence-corrected chi connectivity index (χ4v) is 2.60. The monoisotopic (exact) mass is 425 g/mol. The van der Waals surface area contributed by atoms with E-state index in [2.05, 4.69) is 5.32 Å². The number of nitriles is 1. The van der Waals surface area contributed by atoms with Crippen LogP contribution in [-0.4, -0.2) is 17.4 Å². The van der Waals surface area contributed by atoms with Gasteiger partial charge in [-0.1, -0.05) is 6.92 Å². The number of carbonyl (C=O) groups is 1. The van der Waals surface area contributed by atoms with Gasteiger partial charge in [0, 0.05) is 16.6 Å². The smallest absolute Gasteiger partial charge is 0.423 e. The lowest BCUT2D eigenvalue weighted by atomic mass is 10.1. The van der Waals surface area contributed by atoms with E-state index >= 15 is 0 Å². The summed E-state index contributed by atoms with van der Waals surface area (Å²) in [6.07, 6.45) is -4.94. The number of thioether (sulfide) groups is 1. The van der Waals surface area contributed by atoms with Gasteiger partial charge < -0.3 is 10.1 Å². The second-order valence-corrected chi connectivity index (χ2v) is 6.71. The first-order chi connectivity index (χ1) is 13.6. The summed E-state index contributed by atoms with van der Waals surface area (Å²) in [5.41, 5.74) is -2.75. The number of ether oxygens (including phenoxy) is 1. The number of hydrogen-bond acceptors (Lipinski definition) is 6. The predicted octanol–water partition coefficient (Wildman–Crippen LogP) is 4.84. The van der Waals surface area contributed by atoms with E-state index in [-0.39, 0.29) is 12.3 Å². The lowest BCUT2D eigenvalue weighted by Crippen LogP contribution is -2.25. The van der Waals surface area contributed by atoms with Crippen LogP contribution >= 0.6 is 11.8 Å². The van der Waals surface area contributed by atoms with E-state index in [1.807, 2.05) is 5.40 Å². The Balaban J connectivity index is 2.02. The van der Waals surface area contributed by atoms with E-state index in [4.69, 9.17) is 10.00 Å². The topological polar surface area (TPSA) is 105 Å². The normalized spacial score (nSPS) is 12.0. The summed E-state index contributed by atoms with van der Waals surface area (Å²) >= 11 is 0.984. The molecule has 2 aromatic carbocycles. The molecule has 0 aliphatic rings. The number of halogens is 3. The minimum atomic E-state index is -4.94. The summed E-state index contributed by atoms with van der Waals surface area (Å²) in [6, 6.07) is 8.83. The van der Waals surface area contributed by atoms with Crippen molar-refractivity contribution in [1.82, 2.24) is 0 Å². The highest BCUT2D eigenvalue weighted by Gasteiger charge is 2.38. The molecule has 0 aliphatic heterocycles. The van der Waals surface area contributed by atoms with Gasteiger partial charge >= 0.3 is 6.18 Å². The van der Waals surface area contributed by atoms with Crippen molar-refractivity contribution in [3.8, 4) is 11.2 Å². The number of rotatable bonds is 7. The van der Waals surface area contributed by atoms with Crippen LogP contribution in [0.3, 0.4) is 0 Å². The van der Waals surface area contributed by atoms with Gasteiger partial charge in [0.1, 0.15) is 16.7 Å². The SMILES string of the molecule is C[C@H](COc1ccc(SC#N)cc1)C(=O)Nc1ccc([N+](=O)[O-])c(C(F)(F)F)c1. The van der Waals surface area contributed by atoms with Gasteiger partial charge in [0.2, 0.25) is 5.91 Å². The summed E-state index contributed by atoms with van der Waals surface area (Å²) in [6.45, 7) is 1.47. The number of alkyl halides is 3. The largest absolute Gasteiger partial charge is 0.493 e. The molecule has 0 fully saturated rings. The van der Waals surface area contributed by atoms with Crippen LogP contribution in [0.4, 0.5) is 24.5 Å². The fraction of sp³-hybridized carbons (Fsp3) is 0.222. The average Bonchev–Trinajstić information content (AvgIpc) is 2.66. The van der Waals surface area contributed by atoms with E-state index in [0.29, 0.717) is 17.9 Å².